The van der Waals surface area contributed by atoms with Crippen molar-refractivity contribution in [2.24, 2.45) is 5.73 Å². The Labute approximate surface area is 53.4 Å². The average molecular weight is 124 g/mol. The second-order valence-electron chi connectivity index (χ2n) is 1.33. The zero-order valence-corrected chi connectivity index (χ0v) is 4.92. The third kappa shape index (κ3) is 1.90. The zero-order valence-electron chi connectivity index (χ0n) is 4.92. The summed E-state index contributed by atoms with van der Waals surface area (Å²) in [5, 5.41) is 6.53. The number of ketones is 1. The topological polar surface area (TPSA) is 66.9 Å². The molecular weight excluding hydrogens is 116 g/mol. The highest BCUT2D eigenvalue weighted by molar-refractivity contribution is 6.34. The van der Waals surface area contributed by atoms with Crippen molar-refractivity contribution in [2.75, 3.05) is 0 Å². The molecule has 0 unspecified atom stereocenters. The first-order valence-electron chi connectivity index (χ1n) is 2.35. The van der Waals surface area contributed by atoms with Crippen LogP contribution in [-0.2, 0) is 4.79 Å². The molecule has 3 N–H and O–H groups in total. The van der Waals surface area contributed by atoms with Gasteiger partial charge < -0.3 is 11.1 Å². The molecule has 0 heterocycles. The molecule has 0 aliphatic rings. The molecule has 0 atom stereocenters. The van der Waals surface area contributed by atoms with Crippen LogP contribution in [0.4, 0.5) is 0 Å². The van der Waals surface area contributed by atoms with Gasteiger partial charge in [-0.3, -0.25) is 4.79 Å². The van der Waals surface area contributed by atoms with Crippen LogP contribution in [0.2, 0.25) is 0 Å². The Balaban J connectivity index is 4.31. The third-order valence-electron chi connectivity index (χ3n) is 0.815. The van der Waals surface area contributed by atoms with Crippen molar-refractivity contribution in [1.29, 1.82) is 5.41 Å². The van der Waals surface area contributed by atoms with Crippen molar-refractivity contribution in [3.05, 3.63) is 24.4 Å². The van der Waals surface area contributed by atoms with E-state index in [2.05, 4.69) is 6.58 Å². The van der Waals surface area contributed by atoms with Gasteiger partial charge in [-0.1, -0.05) is 12.7 Å². The SMILES string of the molecule is C=C/C(=C/N)C(=O)C=N. The van der Waals surface area contributed by atoms with Gasteiger partial charge in [-0.25, -0.2) is 0 Å². The highest BCUT2D eigenvalue weighted by Crippen LogP contribution is 1.91. The van der Waals surface area contributed by atoms with E-state index in [1.165, 1.54) is 6.08 Å². The number of nitrogens with one attached hydrogen (secondary N) is 1. The number of hydrogen-bond acceptors (Lipinski definition) is 3. The third-order valence-corrected chi connectivity index (χ3v) is 0.815. The van der Waals surface area contributed by atoms with E-state index in [1.807, 2.05) is 0 Å². The molecule has 3 heteroatoms. The van der Waals surface area contributed by atoms with E-state index in [0.29, 0.717) is 6.21 Å². The van der Waals surface area contributed by atoms with Crippen molar-refractivity contribution in [3.63, 3.8) is 0 Å². The van der Waals surface area contributed by atoms with Crippen molar-refractivity contribution in [3.8, 4) is 0 Å². The monoisotopic (exact) mass is 124 g/mol. The zero-order chi connectivity index (χ0) is 7.28. The van der Waals surface area contributed by atoms with Gasteiger partial charge in [0.15, 0.2) is 0 Å². The summed E-state index contributed by atoms with van der Waals surface area (Å²) < 4.78 is 0. The molecule has 0 bridgehead atoms. The van der Waals surface area contributed by atoms with Crippen LogP contribution in [0.3, 0.4) is 0 Å². The number of nitrogens with two attached hydrogens (primary N) is 1. The van der Waals surface area contributed by atoms with Gasteiger partial charge in [-0.15, -0.1) is 0 Å². The van der Waals surface area contributed by atoms with Crippen LogP contribution in [0.5, 0.6) is 0 Å². The molecule has 0 fully saturated rings. The fourth-order valence-corrected chi connectivity index (χ4v) is 0.334. The van der Waals surface area contributed by atoms with E-state index >= 15 is 0 Å². The molecule has 0 aliphatic heterocycles. The second kappa shape index (κ2) is 3.60. The minimum Gasteiger partial charge on any atom is -0.404 e. The molecular formula is C6H8N2O. The molecule has 0 saturated carbocycles. The highest BCUT2D eigenvalue weighted by Gasteiger charge is 1.97. The molecule has 3 nitrogen and oxygen atoms in total. The van der Waals surface area contributed by atoms with Crippen LogP contribution in [0, 0.1) is 5.41 Å². The van der Waals surface area contributed by atoms with Crippen molar-refractivity contribution >= 4 is 12.0 Å². The maximum absolute atomic E-state index is 10.5. The quantitative estimate of drug-likeness (QED) is 0.321. The Hall–Kier alpha value is -1.38. The summed E-state index contributed by atoms with van der Waals surface area (Å²) in [5.74, 6) is -0.424. The minimum absolute atomic E-state index is 0.255. The van der Waals surface area contributed by atoms with Gasteiger partial charge in [0.05, 0.1) is 6.21 Å². The first-order valence-corrected chi connectivity index (χ1v) is 2.35. The first-order chi connectivity index (χ1) is 4.26. The van der Waals surface area contributed by atoms with E-state index in [4.69, 9.17) is 11.1 Å². The van der Waals surface area contributed by atoms with Crippen LogP contribution in [0.15, 0.2) is 24.4 Å². The van der Waals surface area contributed by atoms with E-state index in [9.17, 15) is 4.79 Å². The fraction of sp³-hybridized carbons (Fsp3) is 0. The Morgan fingerprint density at radius 2 is 2.22 bits per heavy atom. The lowest BCUT2D eigenvalue weighted by molar-refractivity contribution is -0.109. The summed E-state index contributed by atoms with van der Waals surface area (Å²) >= 11 is 0. The van der Waals surface area contributed by atoms with Gasteiger partial charge in [-0.05, 0) is 0 Å². The normalized spacial score (nSPS) is 10.4. The number of Topliss-reactive ketones (excluding diaryl/α,β-unsaturated/α-hetero) is 1. The van der Waals surface area contributed by atoms with E-state index in [1.54, 1.807) is 0 Å². The molecule has 0 aromatic rings. The van der Waals surface area contributed by atoms with Gasteiger partial charge in [0.2, 0.25) is 5.78 Å². The smallest absolute Gasteiger partial charge is 0.204 e. The van der Waals surface area contributed by atoms with Gasteiger partial charge in [0.25, 0.3) is 0 Å². The molecule has 0 amide bonds. The Morgan fingerprint density at radius 3 is 2.33 bits per heavy atom. The summed E-state index contributed by atoms with van der Waals surface area (Å²) in [7, 11) is 0. The predicted octanol–water partition coefficient (Wildman–Crippen LogP) is 0.234. The van der Waals surface area contributed by atoms with Crippen LogP contribution >= 0.6 is 0 Å². The summed E-state index contributed by atoms with van der Waals surface area (Å²) in [6.45, 7) is 3.33. The average Bonchev–Trinajstić information content (AvgIpc) is 1.90. The molecule has 0 aliphatic carbocycles. The van der Waals surface area contributed by atoms with Crippen LogP contribution in [0.1, 0.15) is 0 Å². The van der Waals surface area contributed by atoms with Gasteiger partial charge in [-0.2, -0.15) is 0 Å². The molecule has 9 heavy (non-hydrogen) atoms. The van der Waals surface area contributed by atoms with Crippen LogP contribution in [-0.4, -0.2) is 12.0 Å². The maximum Gasteiger partial charge on any atom is 0.204 e. The number of hydrogen-bond donors (Lipinski definition) is 2. The molecule has 0 aromatic heterocycles. The van der Waals surface area contributed by atoms with E-state index in [-0.39, 0.29) is 5.57 Å². The standard InChI is InChI=1S/C6H8N2O/c1-2-5(3-7)6(9)4-8/h2-4,8H,1,7H2/b5-3-,8-4?. The summed E-state index contributed by atoms with van der Waals surface area (Å²) in [5.41, 5.74) is 5.26. The molecule has 0 saturated heterocycles. The number of rotatable bonds is 3. The highest BCUT2D eigenvalue weighted by atomic mass is 16.1. The molecule has 0 spiro atoms. The minimum atomic E-state index is -0.424. The largest absolute Gasteiger partial charge is 0.404 e. The second-order valence-corrected chi connectivity index (χ2v) is 1.33. The Bertz CT molecular complexity index is 170. The van der Waals surface area contributed by atoms with Crippen molar-refractivity contribution < 1.29 is 4.79 Å². The summed E-state index contributed by atoms with van der Waals surface area (Å²) in [6, 6.07) is 0. The summed E-state index contributed by atoms with van der Waals surface area (Å²) in [4.78, 5) is 10.5. The first kappa shape index (κ1) is 7.62. The molecule has 0 radical (unpaired) electrons. The molecule has 0 aromatic carbocycles. The van der Waals surface area contributed by atoms with E-state index < -0.39 is 5.78 Å². The number of carbonyl (C=O) groups excluding carboxylic acids is 1. The van der Waals surface area contributed by atoms with Crippen LogP contribution in [0.25, 0.3) is 0 Å². The van der Waals surface area contributed by atoms with Crippen LogP contribution < -0.4 is 5.73 Å². The molecule has 48 valence electrons. The van der Waals surface area contributed by atoms with Gasteiger partial charge in [0.1, 0.15) is 0 Å². The van der Waals surface area contributed by atoms with Gasteiger partial charge in [0, 0.05) is 11.8 Å². The predicted molar refractivity (Wildman–Crippen MR) is 36.3 cm³/mol. The lowest BCUT2D eigenvalue weighted by atomic mass is 10.2. The lowest BCUT2D eigenvalue weighted by Crippen LogP contribution is -2.02. The van der Waals surface area contributed by atoms with Crippen molar-refractivity contribution in [1.82, 2.24) is 0 Å². The number of allylic oxidation sites excluding steroid dienone is 2. The Morgan fingerprint density at radius 1 is 1.67 bits per heavy atom. The Kier molecular flexibility index (Phi) is 3.05. The van der Waals surface area contributed by atoms with E-state index in [0.717, 1.165) is 6.20 Å². The fourth-order valence-electron chi connectivity index (χ4n) is 0.334. The number of carbonyl (C=O) groups is 1. The summed E-state index contributed by atoms with van der Waals surface area (Å²) in [6.07, 6.45) is 3.13. The van der Waals surface area contributed by atoms with Crippen molar-refractivity contribution in [2.45, 2.75) is 0 Å². The van der Waals surface area contributed by atoms with Gasteiger partial charge >= 0.3 is 0 Å². The molecule has 0 rings (SSSR count). The lowest BCUT2D eigenvalue weighted by Gasteiger charge is -1.88. The maximum atomic E-state index is 10.5.